The number of nitrogens with one attached hydrogen (secondary N) is 1. The second-order valence-corrected chi connectivity index (χ2v) is 4.29. The summed E-state index contributed by atoms with van der Waals surface area (Å²) in [7, 11) is 0. The number of halogens is 1. The Hall–Kier alpha value is -0.890. The molecule has 0 aliphatic rings. The lowest BCUT2D eigenvalue weighted by molar-refractivity contribution is 0.316. The van der Waals surface area contributed by atoms with Crippen LogP contribution in [0.25, 0.3) is 0 Å². The molecule has 0 fully saturated rings. The zero-order chi connectivity index (χ0) is 12.1. The summed E-state index contributed by atoms with van der Waals surface area (Å²) in [6.07, 6.45) is 1.01. The maximum Gasteiger partial charge on any atom is 0.145 e. The molecule has 0 aliphatic carbocycles. The first-order valence-corrected chi connectivity index (χ1v) is 6.15. The molecule has 1 aromatic rings. The first-order valence-electron chi connectivity index (χ1n) is 5.78. The molecule has 0 aliphatic heterocycles. The standard InChI is InChI=1S/C13H20ClNO/c1-5-7-16-13-9(3)8-11(14)10(4)12(13)15-6-2/h8,15H,5-7H2,1-4H3. The molecule has 0 bridgehead atoms. The molecule has 0 spiro atoms. The van der Waals surface area contributed by atoms with Crippen molar-refractivity contribution in [1.29, 1.82) is 0 Å². The minimum atomic E-state index is 0.736. The number of aryl methyl sites for hydroxylation is 1. The molecule has 16 heavy (non-hydrogen) atoms. The molecule has 0 radical (unpaired) electrons. The predicted octanol–water partition coefficient (Wildman–Crippen LogP) is 4.18. The van der Waals surface area contributed by atoms with Gasteiger partial charge in [-0.05, 0) is 44.4 Å². The van der Waals surface area contributed by atoms with Crippen LogP contribution < -0.4 is 10.1 Å². The van der Waals surface area contributed by atoms with Gasteiger partial charge in [-0.1, -0.05) is 18.5 Å². The summed E-state index contributed by atoms with van der Waals surface area (Å²) in [6.45, 7) is 9.81. The van der Waals surface area contributed by atoms with E-state index in [1.54, 1.807) is 0 Å². The lowest BCUT2D eigenvalue weighted by Crippen LogP contribution is -2.06. The number of rotatable bonds is 5. The van der Waals surface area contributed by atoms with E-state index in [0.29, 0.717) is 0 Å². The van der Waals surface area contributed by atoms with Gasteiger partial charge in [0.25, 0.3) is 0 Å². The van der Waals surface area contributed by atoms with E-state index < -0.39 is 0 Å². The summed E-state index contributed by atoms with van der Waals surface area (Å²) in [4.78, 5) is 0. The highest BCUT2D eigenvalue weighted by molar-refractivity contribution is 6.32. The third-order valence-corrected chi connectivity index (χ3v) is 2.86. The molecule has 0 heterocycles. The number of ether oxygens (including phenoxy) is 1. The predicted molar refractivity (Wildman–Crippen MR) is 70.9 cm³/mol. The van der Waals surface area contributed by atoms with Gasteiger partial charge in [0.1, 0.15) is 5.75 Å². The molecular weight excluding hydrogens is 222 g/mol. The van der Waals surface area contributed by atoms with Gasteiger partial charge in [-0.3, -0.25) is 0 Å². The van der Waals surface area contributed by atoms with Crippen LogP contribution in [0, 0.1) is 13.8 Å². The largest absolute Gasteiger partial charge is 0.491 e. The van der Waals surface area contributed by atoms with Gasteiger partial charge in [0, 0.05) is 11.6 Å². The average Bonchev–Trinajstić information content (AvgIpc) is 2.25. The van der Waals surface area contributed by atoms with Crippen LogP contribution in [0.3, 0.4) is 0 Å². The second kappa shape index (κ2) is 6.00. The Morgan fingerprint density at radius 1 is 1.31 bits per heavy atom. The maximum absolute atomic E-state index is 6.17. The first-order chi connectivity index (χ1) is 7.61. The molecule has 0 saturated heterocycles. The van der Waals surface area contributed by atoms with E-state index in [9.17, 15) is 0 Å². The van der Waals surface area contributed by atoms with Crippen molar-refractivity contribution in [3.63, 3.8) is 0 Å². The summed E-state index contributed by atoms with van der Waals surface area (Å²) >= 11 is 6.17. The fraction of sp³-hybridized carbons (Fsp3) is 0.538. The summed E-state index contributed by atoms with van der Waals surface area (Å²) < 4.78 is 5.78. The van der Waals surface area contributed by atoms with Crippen LogP contribution in [0.2, 0.25) is 5.02 Å². The fourth-order valence-corrected chi connectivity index (χ4v) is 1.89. The zero-order valence-electron chi connectivity index (χ0n) is 10.5. The topological polar surface area (TPSA) is 21.3 Å². The van der Waals surface area contributed by atoms with E-state index in [1.165, 1.54) is 0 Å². The van der Waals surface area contributed by atoms with Crippen molar-refractivity contribution in [3.05, 3.63) is 22.2 Å². The van der Waals surface area contributed by atoms with Crippen LogP contribution in [0.4, 0.5) is 5.69 Å². The van der Waals surface area contributed by atoms with Crippen LogP contribution in [0.5, 0.6) is 5.75 Å². The SMILES string of the molecule is CCCOc1c(C)cc(Cl)c(C)c1NCC. The molecule has 1 N–H and O–H groups in total. The molecule has 0 unspecified atom stereocenters. The second-order valence-electron chi connectivity index (χ2n) is 3.88. The molecule has 90 valence electrons. The van der Waals surface area contributed by atoms with Crippen molar-refractivity contribution < 1.29 is 4.74 Å². The van der Waals surface area contributed by atoms with Crippen molar-refractivity contribution in [2.75, 3.05) is 18.5 Å². The summed E-state index contributed by atoms with van der Waals surface area (Å²) in [5, 5.41) is 4.11. The van der Waals surface area contributed by atoms with Crippen molar-refractivity contribution in [2.24, 2.45) is 0 Å². The Morgan fingerprint density at radius 2 is 2.00 bits per heavy atom. The van der Waals surface area contributed by atoms with Crippen LogP contribution in [0.1, 0.15) is 31.4 Å². The number of hydrogen-bond acceptors (Lipinski definition) is 2. The molecule has 1 aromatic carbocycles. The monoisotopic (exact) mass is 241 g/mol. The van der Waals surface area contributed by atoms with E-state index >= 15 is 0 Å². The molecule has 0 atom stereocenters. The molecule has 0 saturated carbocycles. The van der Waals surface area contributed by atoms with Gasteiger partial charge in [-0.2, -0.15) is 0 Å². The molecule has 1 rings (SSSR count). The van der Waals surface area contributed by atoms with E-state index in [1.807, 2.05) is 19.9 Å². The fourth-order valence-electron chi connectivity index (χ4n) is 1.63. The van der Waals surface area contributed by atoms with Gasteiger partial charge < -0.3 is 10.1 Å². The smallest absolute Gasteiger partial charge is 0.145 e. The van der Waals surface area contributed by atoms with E-state index in [4.69, 9.17) is 16.3 Å². The Kier molecular flexibility index (Phi) is 4.94. The third kappa shape index (κ3) is 2.82. The van der Waals surface area contributed by atoms with E-state index in [2.05, 4.69) is 19.2 Å². The van der Waals surface area contributed by atoms with Gasteiger partial charge >= 0.3 is 0 Å². The van der Waals surface area contributed by atoms with Crippen molar-refractivity contribution in [2.45, 2.75) is 34.1 Å². The molecule has 0 aromatic heterocycles. The maximum atomic E-state index is 6.17. The normalized spacial score (nSPS) is 10.3. The molecule has 2 nitrogen and oxygen atoms in total. The van der Waals surface area contributed by atoms with Gasteiger partial charge in [0.15, 0.2) is 0 Å². The third-order valence-electron chi connectivity index (χ3n) is 2.47. The van der Waals surface area contributed by atoms with Gasteiger partial charge in [-0.25, -0.2) is 0 Å². The highest BCUT2D eigenvalue weighted by Crippen LogP contribution is 2.36. The lowest BCUT2D eigenvalue weighted by atomic mass is 10.1. The van der Waals surface area contributed by atoms with E-state index in [-0.39, 0.29) is 0 Å². The minimum Gasteiger partial charge on any atom is -0.491 e. The Labute approximate surface area is 103 Å². The number of hydrogen-bond donors (Lipinski definition) is 1. The quantitative estimate of drug-likeness (QED) is 0.835. The van der Waals surface area contributed by atoms with Crippen LogP contribution in [0.15, 0.2) is 6.07 Å². The summed E-state index contributed by atoms with van der Waals surface area (Å²) in [5.74, 6) is 0.936. The first kappa shape index (κ1) is 13.2. The van der Waals surface area contributed by atoms with Crippen molar-refractivity contribution in [1.82, 2.24) is 0 Å². The summed E-state index contributed by atoms with van der Waals surface area (Å²) in [5.41, 5.74) is 3.17. The molecular formula is C13H20ClNO. The summed E-state index contributed by atoms with van der Waals surface area (Å²) in [6, 6.07) is 1.96. The highest BCUT2D eigenvalue weighted by atomic mass is 35.5. The number of anilines is 1. The van der Waals surface area contributed by atoms with Gasteiger partial charge in [-0.15, -0.1) is 0 Å². The zero-order valence-corrected chi connectivity index (χ0v) is 11.2. The number of benzene rings is 1. The van der Waals surface area contributed by atoms with Gasteiger partial charge in [0.2, 0.25) is 0 Å². The molecule has 3 heteroatoms. The average molecular weight is 242 g/mol. The highest BCUT2D eigenvalue weighted by Gasteiger charge is 2.12. The van der Waals surface area contributed by atoms with Crippen molar-refractivity contribution >= 4 is 17.3 Å². The molecule has 0 amide bonds. The Bertz CT molecular complexity index is 363. The Morgan fingerprint density at radius 3 is 2.56 bits per heavy atom. The Balaban J connectivity index is 3.15. The minimum absolute atomic E-state index is 0.736. The van der Waals surface area contributed by atoms with Crippen LogP contribution in [-0.4, -0.2) is 13.2 Å². The van der Waals surface area contributed by atoms with Gasteiger partial charge in [0.05, 0.1) is 12.3 Å². The van der Waals surface area contributed by atoms with Crippen molar-refractivity contribution in [3.8, 4) is 5.75 Å². The van der Waals surface area contributed by atoms with Crippen LogP contribution in [-0.2, 0) is 0 Å². The van der Waals surface area contributed by atoms with E-state index in [0.717, 1.165) is 47.2 Å². The lowest BCUT2D eigenvalue weighted by Gasteiger charge is -2.18. The van der Waals surface area contributed by atoms with Crippen LogP contribution >= 0.6 is 11.6 Å².